The van der Waals surface area contributed by atoms with E-state index >= 15 is 0 Å². The minimum absolute atomic E-state index is 0.159. The average molecular weight is 445 g/mol. The maximum absolute atomic E-state index is 9.88. The highest BCUT2D eigenvalue weighted by Crippen LogP contribution is 2.33. The molecule has 1 aliphatic heterocycles. The van der Waals surface area contributed by atoms with E-state index < -0.39 is 0 Å². The molecule has 4 aromatic heterocycles. The van der Waals surface area contributed by atoms with Crippen LogP contribution in [0.1, 0.15) is 25.1 Å². The van der Waals surface area contributed by atoms with Crippen LogP contribution in [0, 0.1) is 11.3 Å². The Balaban J connectivity index is 1.51. The van der Waals surface area contributed by atoms with Gasteiger partial charge in [0.05, 0.1) is 26.0 Å². The van der Waals surface area contributed by atoms with Gasteiger partial charge in [0.2, 0.25) is 5.95 Å². The minimum atomic E-state index is -0.159. The lowest BCUT2D eigenvalue weighted by Crippen LogP contribution is -2.24. The van der Waals surface area contributed by atoms with Gasteiger partial charge in [-0.05, 0) is 6.07 Å². The van der Waals surface area contributed by atoms with Crippen LogP contribution in [-0.4, -0.2) is 42.5 Å². The molecule has 0 aromatic carbocycles. The van der Waals surface area contributed by atoms with E-state index in [2.05, 4.69) is 45.3 Å². The van der Waals surface area contributed by atoms with Crippen LogP contribution < -0.4 is 15.8 Å². The van der Waals surface area contributed by atoms with E-state index in [1.807, 2.05) is 17.8 Å². The van der Waals surface area contributed by atoms with Crippen LogP contribution in [-0.2, 0) is 23.7 Å². The van der Waals surface area contributed by atoms with E-state index in [9.17, 15) is 5.26 Å². The van der Waals surface area contributed by atoms with Crippen molar-refractivity contribution in [1.82, 2.24) is 29.3 Å². The van der Waals surface area contributed by atoms with Crippen molar-refractivity contribution >= 4 is 28.7 Å². The quantitative estimate of drug-likeness (QED) is 0.485. The average Bonchev–Trinajstić information content (AvgIpc) is 3.29. The Bertz CT molecular complexity index is 1400. The monoisotopic (exact) mass is 445 g/mol. The number of ether oxygens (including phenoxy) is 2. The summed E-state index contributed by atoms with van der Waals surface area (Å²) in [6, 6.07) is 7.46. The summed E-state index contributed by atoms with van der Waals surface area (Å²) in [5.74, 6) is 2.27. The molecule has 168 valence electrons. The summed E-state index contributed by atoms with van der Waals surface area (Å²) in [5.41, 5.74) is 7.95. The molecule has 4 aromatic rings. The molecule has 3 N–H and O–H groups in total. The molecular weight excluding hydrogens is 422 g/mol. The predicted molar refractivity (Wildman–Crippen MR) is 121 cm³/mol. The van der Waals surface area contributed by atoms with Crippen molar-refractivity contribution in [3.05, 3.63) is 41.9 Å². The molecule has 11 heteroatoms. The SMILES string of the molecule is Cn1c(Nc2cc3n(n2)CCOCC3(C)C)nc2ncc(Oc3ccnc(N)c3)c(C#N)c21. The molecule has 0 saturated carbocycles. The fourth-order valence-corrected chi connectivity index (χ4v) is 3.93. The molecule has 0 saturated heterocycles. The fraction of sp³-hybridized carbons (Fsp3) is 0.318. The number of anilines is 3. The molecule has 0 amide bonds. The first-order valence-corrected chi connectivity index (χ1v) is 10.4. The molecule has 0 atom stereocenters. The van der Waals surface area contributed by atoms with Gasteiger partial charge in [-0.15, -0.1) is 0 Å². The normalized spacial score (nSPS) is 15.0. The second kappa shape index (κ2) is 7.75. The van der Waals surface area contributed by atoms with Crippen molar-refractivity contribution in [1.29, 1.82) is 5.26 Å². The molecule has 33 heavy (non-hydrogen) atoms. The number of nitrogens with two attached hydrogens (primary N) is 1. The highest BCUT2D eigenvalue weighted by molar-refractivity contribution is 5.84. The lowest BCUT2D eigenvalue weighted by Gasteiger charge is -2.21. The number of nitriles is 1. The van der Waals surface area contributed by atoms with E-state index in [0.29, 0.717) is 65.6 Å². The van der Waals surface area contributed by atoms with Gasteiger partial charge in [0.25, 0.3) is 0 Å². The van der Waals surface area contributed by atoms with Crippen molar-refractivity contribution < 1.29 is 9.47 Å². The Labute approximate surface area is 189 Å². The van der Waals surface area contributed by atoms with Gasteiger partial charge < -0.3 is 25.1 Å². The largest absolute Gasteiger partial charge is 0.454 e. The zero-order chi connectivity index (χ0) is 23.2. The number of nitrogens with zero attached hydrogens (tertiary/aromatic N) is 7. The van der Waals surface area contributed by atoms with Gasteiger partial charge in [-0.3, -0.25) is 4.68 Å². The molecule has 5 heterocycles. The predicted octanol–water partition coefficient (Wildman–Crippen LogP) is 2.86. The van der Waals surface area contributed by atoms with Crippen molar-refractivity contribution in [3.8, 4) is 17.6 Å². The number of hydrogen-bond acceptors (Lipinski definition) is 9. The summed E-state index contributed by atoms with van der Waals surface area (Å²) >= 11 is 0. The first-order chi connectivity index (χ1) is 15.9. The molecule has 0 aliphatic carbocycles. The number of aryl methyl sites for hydroxylation is 1. The summed E-state index contributed by atoms with van der Waals surface area (Å²) in [7, 11) is 1.81. The molecule has 5 rings (SSSR count). The first-order valence-electron chi connectivity index (χ1n) is 10.4. The first kappa shape index (κ1) is 20.7. The Morgan fingerprint density at radius 1 is 1.30 bits per heavy atom. The van der Waals surface area contributed by atoms with E-state index in [1.54, 1.807) is 16.7 Å². The lowest BCUT2D eigenvalue weighted by molar-refractivity contribution is 0.103. The molecule has 0 bridgehead atoms. The zero-order valence-corrected chi connectivity index (χ0v) is 18.5. The zero-order valence-electron chi connectivity index (χ0n) is 18.5. The minimum Gasteiger partial charge on any atom is -0.454 e. The number of imidazole rings is 1. The lowest BCUT2D eigenvalue weighted by atomic mass is 9.90. The van der Waals surface area contributed by atoms with Crippen molar-refractivity contribution in [3.63, 3.8) is 0 Å². The third kappa shape index (κ3) is 3.70. The molecule has 0 fully saturated rings. The Hall–Kier alpha value is -4.17. The van der Waals surface area contributed by atoms with Crippen LogP contribution in [0.25, 0.3) is 11.2 Å². The van der Waals surface area contributed by atoms with Crippen LogP contribution in [0.4, 0.5) is 17.6 Å². The molecule has 0 spiro atoms. The number of nitrogen functional groups attached to an aromatic ring is 1. The number of fused-ring (bicyclic) bond motifs is 2. The van der Waals surface area contributed by atoms with Crippen molar-refractivity contribution in [2.24, 2.45) is 7.05 Å². The summed E-state index contributed by atoms with van der Waals surface area (Å²) in [4.78, 5) is 12.9. The molecular formula is C22H23N9O2. The van der Waals surface area contributed by atoms with Gasteiger partial charge in [0.15, 0.2) is 17.2 Å². The third-order valence-electron chi connectivity index (χ3n) is 5.58. The molecule has 0 radical (unpaired) electrons. The maximum Gasteiger partial charge on any atom is 0.210 e. The van der Waals surface area contributed by atoms with Gasteiger partial charge in [0, 0.05) is 36.5 Å². The second-order valence-corrected chi connectivity index (χ2v) is 8.49. The van der Waals surface area contributed by atoms with E-state index in [1.165, 1.54) is 12.4 Å². The Kier molecular flexibility index (Phi) is 4.87. The van der Waals surface area contributed by atoms with Gasteiger partial charge in [-0.25, -0.2) is 9.97 Å². The summed E-state index contributed by atoms with van der Waals surface area (Å²) in [6.07, 6.45) is 3.02. The van der Waals surface area contributed by atoms with Crippen molar-refractivity contribution in [2.45, 2.75) is 25.8 Å². The number of nitrogens with one attached hydrogen (secondary N) is 1. The van der Waals surface area contributed by atoms with Crippen LogP contribution in [0.2, 0.25) is 0 Å². The molecule has 11 nitrogen and oxygen atoms in total. The fourth-order valence-electron chi connectivity index (χ4n) is 3.93. The summed E-state index contributed by atoms with van der Waals surface area (Å²) in [6.45, 7) is 6.19. The van der Waals surface area contributed by atoms with Gasteiger partial charge in [-0.1, -0.05) is 13.8 Å². The van der Waals surface area contributed by atoms with Gasteiger partial charge >= 0.3 is 0 Å². The molecule has 1 aliphatic rings. The van der Waals surface area contributed by atoms with Crippen LogP contribution in [0.3, 0.4) is 0 Å². The Morgan fingerprint density at radius 3 is 2.94 bits per heavy atom. The Morgan fingerprint density at radius 2 is 2.15 bits per heavy atom. The van der Waals surface area contributed by atoms with Crippen LogP contribution in [0.5, 0.6) is 11.5 Å². The van der Waals surface area contributed by atoms with E-state index in [4.69, 9.17) is 15.2 Å². The van der Waals surface area contributed by atoms with E-state index in [0.717, 1.165) is 5.69 Å². The third-order valence-corrected chi connectivity index (χ3v) is 5.58. The standard InChI is InChI=1S/C22H23N9O2/c1-22(2)12-32-7-6-31-16(22)9-18(29-31)27-21-28-20-19(30(21)3)14(10-23)15(11-26-20)33-13-4-5-25-17(24)8-13/h4-5,8-9,11H,6-7,12H2,1-3H3,(H2,24,25)(H,26,27,28,29). The van der Waals surface area contributed by atoms with Crippen LogP contribution >= 0.6 is 0 Å². The topological polar surface area (TPSA) is 142 Å². The maximum atomic E-state index is 9.88. The van der Waals surface area contributed by atoms with Crippen LogP contribution in [0.15, 0.2) is 30.6 Å². The van der Waals surface area contributed by atoms with Gasteiger partial charge in [0.1, 0.15) is 28.7 Å². The number of aromatic nitrogens is 6. The smallest absolute Gasteiger partial charge is 0.210 e. The number of pyridine rings is 2. The number of rotatable bonds is 4. The summed E-state index contributed by atoms with van der Waals surface area (Å²) in [5, 5.41) is 17.8. The highest BCUT2D eigenvalue weighted by Gasteiger charge is 2.29. The molecule has 0 unspecified atom stereocenters. The van der Waals surface area contributed by atoms with Crippen molar-refractivity contribution in [2.75, 3.05) is 24.3 Å². The summed E-state index contributed by atoms with van der Waals surface area (Å²) < 4.78 is 15.3. The van der Waals surface area contributed by atoms with Gasteiger partial charge in [-0.2, -0.15) is 15.3 Å². The second-order valence-electron chi connectivity index (χ2n) is 8.49. The highest BCUT2D eigenvalue weighted by atomic mass is 16.5. The van der Waals surface area contributed by atoms with E-state index in [-0.39, 0.29) is 5.41 Å². The number of hydrogen-bond donors (Lipinski definition) is 2.